The molecule has 0 spiro atoms. The van der Waals surface area contributed by atoms with E-state index < -0.39 is 6.10 Å². The van der Waals surface area contributed by atoms with E-state index in [0.29, 0.717) is 12.3 Å². The maximum atomic E-state index is 12.2. The van der Waals surface area contributed by atoms with Crippen LogP contribution in [0, 0.1) is 0 Å². The van der Waals surface area contributed by atoms with Crippen LogP contribution in [0.3, 0.4) is 0 Å². The van der Waals surface area contributed by atoms with Crippen LogP contribution < -0.4 is 10.1 Å². The topological polar surface area (TPSA) is 74.3 Å². The number of aromatic amines is 1. The summed E-state index contributed by atoms with van der Waals surface area (Å²) in [6.45, 7) is 2.21. The molecule has 25 heavy (non-hydrogen) atoms. The fraction of sp³-hybridized carbons (Fsp3) is 0.250. The van der Waals surface area contributed by atoms with Gasteiger partial charge >= 0.3 is 0 Å². The third-order valence-electron chi connectivity index (χ3n) is 4.13. The average Bonchev–Trinajstić information content (AvgIpc) is 3.05. The molecule has 0 fully saturated rings. The number of hydrogen-bond donors (Lipinski definition) is 3. The summed E-state index contributed by atoms with van der Waals surface area (Å²) >= 11 is 0. The summed E-state index contributed by atoms with van der Waals surface area (Å²) in [5.41, 5.74) is 3.04. The van der Waals surface area contributed by atoms with E-state index in [9.17, 15) is 4.79 Å². The van der Waals surface area contributed by atoms with Gasteiger partial charge in [-0.1, -0.05) is 30.3 Å². The number of carbonyl (C=O) groups excluding carboxylic acids is 1. The molecule has 2 aromatic carbocycles. The number of aliphatic hydroxyl groups is 1. The van der Waals surface area contributed by atoms with Crippen molar-refractivity contribution in [2.75, 3.05) is 6.54 Å². The second-order valence-corrected chi connectivity index (χ2v) is 5.97. The second kappa shape index (κ2) is 7.85. The number of nitrogens with one attached hydrogen (secondary N) is 2. The Morgan fingerprint density at radius 2 is 2.08 bits per heavy atom. The lowest BCUT2D eigenvalue weighted by molar-refractivity contribution is -0.127. The van der Waals surface area contributed by atoms with Crippen molar-refractivity contribution < 1.29 is 14.6 Å². The number of aliphatic hydroxyl groups excluding tert-OH is 1. The lowest BCUT2D eigenvalue weighted by Crippen LogP contribution is -2.37. The standard InChI is InChI=1S/C20H22N2O3/c1-14(25-17-6-4-5-15(11-17)13-23)20(24)21-10-9-16-12-22-19-8-3-2-7-18(16)19/h2-8,11-12,14,22-23H,9-10,13H2,1H3,(H,21,24). The van der Waals surface area contributed by atoms with E-state index in [2.05, 4.69) is 16.4 Å². The van der Waals surface area contributed by atoms with E-state index in [1.54, 1.807) is 31.2 Å². The van der Waals surface area contributed by atoms with Crippen LogP contribution in [0.4, 0.5) is 0 Å². The highest BCUT2D eigenvalue weighted by molar-refractivity contribution is 5.83. The fourth-order valence-corrected chi connectivity index (χ4v) is 2.78. The molecule has 1 aromatic heterocycles. The van der Waals surface area contributed by atoms with Gasteiger partial charge in [0.1, 0.15) is 5.75 Å². The van der Waals surface area contributed by atoms with Crippen molar-refractivity contribution in [1.29, 1.82) is 0 Å². The number of hydrogen-bond acceptors (Lipinski definition) is 3. The Balaban J connectivity index is 1.51. The van der Waals surface area contributed by atoms with Gasteiger partial charge in [0, 0.05) is 23.6 Å². The fourth-order valence-electron chi connectivity index (χ4n) is 2.78. The number of rotatable bonds is 7. The predicted molar refractivity (Wildman–Crippen MR) is 97.5 cm³/mol. The summed E-state index contributed by atoms with van der Waals surface area (Å²) in [6.07, 6.45) is 2.14. The summed E-state index contributed by atoms with van der Waals surface area (Å²) in [7, 11) is 0. The molecule has 1 heterocycles. The molecule has 1 atom stereocenters. The van der Waals surface area contributed by atoms with E-state index in [4.69, 9.17) is 9.84 Å². The maximum Gasteiger partial charge on any atom is 0.260 e. The van der Waals surface area contributed by atoms with Gasteiger partial charge in [0.25, 0.3) is 5.91 Å². The summed E-state index contributed by atoms with van der Waals surface area (Å²) in [5.74, 6) is 0.417. The number of aromatic nitrogens is 1. The molecule has 1 unspecified atom stereocenters. The van der Waals surface area contributed by atoms with Crippen molar-refractivity contribution in [3.8, 4) is 5.75 Å². The lowest BCUT2D eigenvalue weighted by atomic mass is 10.1. The minimum Gasteiger partial charge on any atom is -0.481 e. The molecule has 0 aliphatic rings. The highest BCUT2D eigenvalue weighted by atomic mass is 16.5. The first-order valence-electron chi connectivity index (χ1n) is 8.36. The molecule has 3 N–H and O–H groups in total. The van der Waals surface area contributed by atoms with Crippen LogP contribution in [0.1, 0.15) is 18.1 Å². The Morgan fingerprint density at radius 1 is 1.24 bits per heavy atom. The molecular weight excluding hydrogens is 316 g/mol. The minimum atomic E-state index is -0.600. The van der Waals surface area contributed by atoms with Gasteiger partial charge in [-0.15, -0.1) is 0 Å². The first-order valence-corrected chi connectivity index (χ1v) is 8.36. The molecule has 3 rings (SSSR count). The Hall–Kier alpha value is -2.79. The van der Waals surface area contributed by atoms with Crippen molar-refractivity contribution >= 4 is 16.8 Å². The number of fused-ring (bicyclic) bond motifs is 1. The summed E-state index contributed by atoms with van der Waals surface area (Å²) in [5, 5.41) is 13.2. The zero-order valence-electron chi connectivity index (χ0n) is 14.2. The number of para-hydroxylation sites is 1. The molecular formula is C20H22N2O3. The van der Waals surface area contributed by atoms with Crippen molar-refractivity contribution in [2.24, 2.45) is 0 Å². The molecule has 0 aliphatic carbocycles. The van der Waals surface area contributed by atoms with Crippen molar-refractivity contribution in [2.45, 2.75) is 26.1 Å². The zero-order chi connectivity index (χ0) is 17.6. The first kappa shape index (κ1) is 17.0. The predicted octanol–water partition coefficient (Wildman–Crippen LogP) is 2.79. The molecule has 0 saturated heterocycles. The quantitative estimate of drug-likeness (QED) is 0.620. The van der Waals surface area contributed by atoms with E-state index >= 15 is 0 Å². The Kier molecular flexibility index (Phi) is 5.36. The van der Waals surface area contributed by atoms with E-state index in [-0.39, 0.29) is 12.5 Å². The SMILES string of the molecule is CC(Oc1cccc(CO)c1)C(=O)NCCc1c[nH]c2ccccc12. The first-order chi connectivity index (χ1) is 12.2. The van der Waals surface area contributed by atoms with Crippen LogP contribution in [0.15, 0.2) is 54.7 Å². The van der Waals surface area contributed by atoms with Crippen molar-refractivity contribution in [1.82, 2.24) is 10.3 Å². The molecule has 0 saturated carbocycles. The summed E-state index contributed by atoms with van der Waals surface area (Å²) in [4.78, 5) is 15.4. The molecule has 0 bridgehead atoms. The van der Waals surface area contributed by atoms with Crippen LogP contribution in [0.25, 0.3) is 10.9 Å². The maximum absolute atomic E-state index is 12.2. The third-order valence-corrected chi connectivity index (χ3v) is 4.13. The van der Waals surface area contributed by atoms with Gasteiger partial charge in [-0.2, -0.15) is 0 Å². The minimum absolute atomic E-state index is 0.0532. The normalized spacial score (nSPS) is 12.1. The van der Waals surface area contributed by atoms with Crippen molar-refractivity contribution in [3.05, 3.63) is 65.9 Å². The molecule has 3 aromatic rings. The van der Waals surface area contributed by atoms with E-state index in [1.165, 1.54) is 10.9 Å². The van der Waals surface area contributed by atoms with Gasteiger partial charge in [-0.3, -0.25) is 4.79 Å². The van der Waals surface area contributed by atoms with Crippen LogP contribution in [0.2, 0.25) is 0 Å². The van der Waals surface area contributed by atoms with Crippen LogP contribution in [-0.4, -0.2) is 28.6 Å². The largest absolute Gasteiger partial charge is 0.481 e. The summed E-state index contributed by atoms with van der Waals surface area (Å²) in [6, 6.07) is 15.2. The number of ether oxygens (including phenoxy) is 1. The second-order valence-electron chi connectivity index (χ2n) is 5.97. The number of carbonyl (C=O) groups is 1. The van der Waals surface area contributed by atoms with Crippen LogP contribution in [-0.2, 0) is 17.8 Å². The number of amides is 1. The van der Waals surface area contributed by atoms with Gasteiger partial charge in [0.15, 0.2) is 6.10 Å². The summed E-state index contributed by atoms with van der Waals surface area (Å²) < 4.78 is 5.65. The smallest absolute Gasteiger partial charge is 0.260 e. The Morgan fingerprint density at radius 3 is 2.92 bits per heavy atom. The highest BCUT2D eigenvalue weighted by Gasteiger charge is 2.14. The Labute approximate surface area is 146 Å². The van der Waals surface area contributed by atoms with E-state index in [1.807, 2.05) is 24.4 Å². The third kappa shape index (κ3) is 4.19. The molecule has 5 nitrogen and oxygen atoms in total. The van der Waals surface area contributed by atoms with Gasteiger partial charge in [0.2, 0.25) is 0 Å². The number of benzene rings is 2. The molecule has 130 valence electrons. The molecule has 0 radical (unpaired) electrons. The zero-order valence-corrected chi connectivity index (χ0v) is 14.2. The van der Waals surface area contributed by atoms with Gasteiger partial charge < -0.3 is 20.1 Å². The Bertz CT molecular complexity index is 857. The average molecular weight is 338 g/mol. The van der Waals surface area contributed by atoms with Gasteiger partial charge in [0.05, 0.1) is 6.61 Å². The lowest BCUT2D eigenvalue weighted by Gasteiger charge is -2.15. The molecule has 0 aliphatic heterocycles. The number of H-pyrrole nitrogens is 1. The molecule has 1 amide bonds. The molecule has 5 heteroatoms. The monoisotopic (exact) mass is 338 g/mol. The van der Waals surface area contributed by atoms with Crippen molar-refractivity contribution in [3.63, 3.8) is 0 Å². The van der Waals surface area contributed by atoms with Gasteiger partial charge in [-0.05, 0) is 42.7 Å². The van der Waals surface area contributed by atoms with Gasteiger partial charge in [-0.25, -0.2) is 0 Å². The van der Waals surface area contributed by atoms with E-state index in [0.717, 1.165) is 17.5 Å². The highest BCUT2D eigenvalue weighted by Crippen LogP contribution is 2.18. The van der Waals surface area contributed by atoms with Crippen LogP contribution in [0.5, 0.6) is 5.75 Å². The van der Waals surface area contributed by atoms with Crippen LogP contribution >= 0.6 is 0 Å².